The molecule has 0 aliphatic rings. The number of hydrogen-bond donors (Lipinski definition) is 1. The molecule has 118 valence electrons. The molecule has 5 heteroatoms. The number of rotatable bonds is 5. The zero-order valence-corrected chi connectivity index (χ0v) is 13.4. The highest BCUT2D eigenvalue weighted by atomic mass is 16.2. The Hall–Kier alpha value is -2.30. The lowest BCUT2D eigenvalue weighted by atomic mass is 10.1. The summed E-state index contributed by atoms with van der Waals surface area (Å²) in [7, 11) is 1.82. The fourth-order valence-corrected chi connectivity index (χ4v) is 2.73. The molecule has 1 aromatic heterocycles. The smallest absolute Gasteiger partial charge is 0.259 e. The number of nitrogen functional groups attached to an aromatic ring is 1. The summed E-state index contributed by atoms with van der Waals surface area (Å²) in [5, 5.41) is 0.420. The largest absolute Gasteiger partial charge is 0.398 e. The van der Waals surface area contributed by atoms with E-state index in [0.29, 0.717) is 24.2 Å². The number of amides is 1. The van der Waals surface area contributed by atoms with E-state index in [0.717, 1.165) is 18.4 Å². The van der Waals surface area contributed by atoms with Gasteiger partial charge in [-0.05, 0) is 25.0 Å². The quantitative estimate of drug-likeness (QED) is 0.862. The van der Waals surface area contributed by atoms with Crippen LogP contribution in [0.1, 0.15) is 37.0 Å². The molecule has 0 unspecified atom stereocenters. The molecule has 0 aliphatic carbocycles. The Balaban J connectivity index is 2.61. The van der Waals surface area contributed by atoms with Crippen LogP contribution >= 0.6 is 0 Å². The lowest BCUT2D eigenvalue weighted by Crippen LogP contribution is -2.36. The summed E-state index contributed by atoms with van der Waals surface area (Å²) in [5.74, 6) is -0.213. The van der Waals surface area contributed by atoms with E-state index in [2.05, 4.69) is 0 Å². The summed E-state index contributed by atoms with van der Waals surface area (Å²) in [6.07, 6.45) is 3.34. The van der Waals surface area contributed by atoms with Gasteiger partial charge in [0.25, 0.3) is 5.91 Å². The van der Waals surface area contributed by atoms with Gasteiger partial charge in [0.2, 0.25) is 5.43 Å². The van der Waals surface area contributed by atoms with Gasteiger partial charge in [-0.25, -0.2) is 0 Å². The molecule has 0 saturated carbocycles. The number of nitrogens with two attached hydrogens (primary N) is 1. The Morgan fingerprint density at radius 1 is 1.23 bits per heavy atom. The molecule has 2 rings (SSSR count). The maximum absolute atomic E-state index is 12.7. The molecule has 0 saturated heterocycles. The van der Waals surface area contributed by atoms with Crippen molar-refractivity contribution in [3.8, 4) is 0 Å². The van der Waals surface area contributed by atoms with Crippen molar-refractivity contribution < 1.29 is 4.79 Å². The first kappa shape index (κ1) is 16.1. The second-order valence-corrected chi connectivity index (χ2v) is 5.52. The highest BCUT2D eigenvalue weighted by molar-refractivity contribution is 6.00. The van der Waals surface area contributed by atoms with Gasteiger partial charge in [0.05, 0.1) is 10.9 Å². The SMILES string of the molecule is CCCN(CCC)C(=O)c1cn(C)c2cccc(N)c2c1=O. The van der Waals surface area contributed by atoms with E-state index < -0.39 is 0 Å². The van der Waals surface area contributed by atoms with Crippen LogP contribution in [-0.2, 0) is 7.05 Å². The minimum absolute atomic E-state index is 0.190. The van der Waals surface area contributed by atoms with Crippen molar-refractivity contribution >= 4 is 22.5 Å². The van der Waals surface area contributed by atoms with E-state index in [4.69, 9.17) is 5.73 Å². The summed E-state index contributed by atoms with van der Waals surface area (Å²) in [5.41, 5.74) is 7.00. The second kappa shape index (κ2) is 6.64. The first-order valence-electron chi connectivity index (χ1n) is 7.68. The normalized spacial score (nSPS) is 10.9. The maximum atomic E-state index is 12.7. The predicted octanol–water partition coefficient (Wildman–Crippen LogP) is 2.38. The minimum atomic E-state index is -0.284. The molecule has 2 N–H and O–H groups in total. The molecule has 0 radical (unpaired) electrons. The van der Waals surface area contributed by atoms with Gasteiger partial charge in [0.15, 0.2) is 0 Å². The van der Waals surface area contributed by atoms with E-state index in [1.54, 1.807) is 27.8 Å². The Labute approximate surface area is 130 Å². The van der Waals surface area contributed by atoms with Crippen molar-refractivity contribution in [3.05, 3.63) is 40.2 Å². The van der Waals surface area contributed by atoms with Gasteiger partial charge in [-0.3, -0.25) is 9.59 Å². The highest BCUT2D eigenvalue weighted by Gasteiger charge is 2.20. The first-order chi connectivity index (χ1) is 10.5. The van der Waals surface area contributed by atoms with Gasteiger partial charge < -0.3 is 15.2 Å². The third-order valence-electron chi connectivity index (χ3n) is 3.75. The number of fused-ring (bicyclic) bond motifs is 1. The molecule has 0 aliphatic heterocycles. The zero-order valence-electron chi connectivity index (χ0n) is 13.4. The van der Waals surface area contributed by atoms with E-state index in [-0.39, 0.29) is 16.9 Å². The van der Waals surface area contributed by atoms with Crippen LogP contribution in [-0.4, -0.2) is 28.5 Å². The van der Waals surface area contributed by atoms with Crippen molar-refractivity contribution in [2.75, 3.05) is 18.8 Å². The Kier molecular flexibility index (Phi) is 4.85. The molecular weight excluding hydrogens is 278 g/mol. The van der Waals surface area contributed by atoms with Gasteiger partial charge in [-0.15, -0.1) is 0 Å². The molecule has 0 atom stereocenters. The van der Waals surface area contributed by atoms with E-state index in [9.17, 15) is 9.59 Å². The number of aromatic nitrogens is 1. The zero-order chi connectivity index (χ0) is 16.3. The molecule has 0 spiro atoms. The highest BCUT2D eigenvalue weighted by Crippen LogP contribution is 2.18. The number of benzene rings is 1. The number of carbonyl (C=O) groups is 1. The first-order valence-corrected chi connectivity index (χ1v) is 7.68. The van der Waals surface area contributed by atoms with E-state index in [1.807, 2.05) is 27.0 Å². The molecule has 0 fully saturated rings. The molecule has 22 heavy (non-hydrogen) atoms. The average Bonchev–Trinajstić information content (AvgIpc) is 2.50. The lowest BCUT2D eigenvalue weighted by Gasteiger charge is -2.22. The number of carbonyl (C=O) groups excluding carboxylic acids is 1. The van der Waals surface area contributed by atoms with Crippen LogP contribution in [0.15, 0.2) is 29.2 Å². The van der Waals surface area contributed by atoms with Crippen molar-refractivity contribution in [3.63, 3.8) is 0 Å². The topological polar surface area (TPSA) is 68.3 Å². The summed E-state index contributed by atoms with van der Waals surface area (Å²) >= 11 is 0. The van der Waals surface area contributed by atoms with E-state index >= 15 is 0 Å². The van der Waals surface area contributed by atoms with Crippen molar-refractivity contribution in [2.45, 2.75) is 26.7 Å². The summed E-state index contributed by atoms with van der Waals surface area (Å²) < 4.78 is 1.79. The molecule has 1 heterocycles. The minimum Gasteiger partial charge on any atom is -0.398 e. The number of pyridine rings is 1. The molecule has 5 nitrogen and oxygen atoms in total. The van der Waals surface area contributed by atoms with Crippen molar-refractivity contribution in [1.82, 2.24) is 9.47 Å². The van der Waals surface area contributed by atoms with Crippen LogP contribution < -0.4 is 11.2 Å². The lowest BCUT2D eigenvalue weighted by molar-refractivity contribution is 0.0753. The number of nitrogens with zero attached hydrogens (tertiary/aromatic N) is 2. The van der Waals surface area contributed by atoms with Crippen LogP contribution in [0.5, 0.6) is 0 Å². The molecule has 0 bridgehead atoms. The van der Waals surface area contributed by atoms with Gasteiger partial charge in [0, 0.05) is 32.0 Å². The van der Waals surface area contributed by atoms with Crippen LogP contribution in [0.25, 0.3) is 10.9 Å². The summed E-state index contributed by atoms with van der Waals surface area (Å²) in [6, 6.07) is 5.32. The Morgan fingerprint density at radius 3 is 2.45 bits per heavy atom. The fraction of sp³-hybridized carbons (Fsp3) is 0.412. The predicted molar refractivity (Wildman–Crippen MR) is 90.1 cm³/mol. The van der Waals surface area contributed by atoms with Crippen LogP contribution in [0.4, 0.5) is 5.69 Å². The number of aryl methyl sites for hydroxylation is 1. The van der Waals surface area contributed by atoms with Crippen LogP contribution in [0.3, 0.4) is 0 Å². The molecular formula is C17H23N3O2. The molecule has 1 aromatic carbocycles. The Morgan fingerprint density at radius 2 is 1.86 bits per heavy atom. The van der Waals surface area contributed by atoms with Gasteiger partial charge in [0.1, 0.15) is 5.56 Å². The van der Waals surface area contributed by atoms with Crippen molar-refractivity contribution in [1.29, 1.82) is 0 Å². The standard InChI is InChI=1S/C17H23N3O2/c1-4-9-20(10-5-2)17(22)12-11-19(3)14-8-6-7-13(18)15(14)16(12)21/h6-8,11H,4-5,9-10,18H2,1-3H3. The maximum Gasteiger partial charge on any atom is 0.259 e. The monoisotopic (exact) mass is 301 g/mol. The third kappa shape index (κ3) is 2.84. The number of hydrogen-bond acceptors (Lipinski definition) is 3. The number of anilines is 1. The van der Waals surface area contributed by atoms with Crippen molar-refractivity contribution in [2.24, 2.45) is 7.05 Å². The second-order valence-electron chi connectivity index (χ2n) is 5.52. The summed E-state index contributed by atoms with van der Waals surface area (Å²) in [4.78, 5) is 27.2. The van der Waals surface area contributed by atoms with Gasteiger partial charge in [-0.1, -0.05) is 19.9 Å². The van der Waals surface area contributed by atoms with Gasteiger partial charge in [-0.2, -0.15) is 0 Å². The fourth-order valence-electron chi connectivity index (χ4n) is 2.73. The van der Waals surface area contributed by atoms with Crippen LogP contribution in [0, 0.1) is 0 Å². The Bertz CT molecular complexity index is 743. The molecule has 2 aromatic rings. The average molecular weight is 301 g/mol. The van der Waals surface area contributed by atoms with Gasteiger partial charge >= 0.3 is 0 Å². The summed E-state index contributed by atoms with van der Waals surface area (Å²) in [6.45, 7) is 5.34. The van der Waals surface area contributed by atoms with E-state index in [1.165, 1.54) is 0 Å². The molecule has 1 amide bonds. The third-order valence-corrected chi connectivity index (χ3v) is 3.75. The van der Waals surface area contributed by atoms with Crippen LogP contribution in [0.2, 0.25) is 0 Å².